The molecule has 0 bridgehead atoms. The minimum atomic E-state index is -0.816. The Kier molecular flexibility index (Phi) is 3.68. The number of aromatic nitrogens is 3. The SMILES string of the molecule is CC(C(=O)O)C1CN(C(=O)NCc2nncn2C)C1. The first-order valence-corrected chi connectivity index (χ1v) is 6.07. The van der Waals surface area contributed by atoms with Crippen molar-refractivity contribution in [1.29, 1.82) is 0 Å². The van der Waals surface area contributed by atoms with Gasteiger partial charge in [0.05, 0.1) is 12.5 Å². The molecular formula is C11H17N5O3. The van der Waals surface area contributed by atoms with Crippen LogP contribution >= 0.6 is 0 Å². The van der Waals surface area contributed by atoms with Crippen LogP contribution < -0.4 is 5.32 Å². The Morgan fingerprint density at radius 3 is 2.79 bits per heavy atom. The van der Waals surface area contributed by atoms with Crippen LogP contribution in [0.4, 0.5) is 4.79 Å². The number of amides is 2. The van der Waals surface area contributed by atoms with Gasteiger partial charge < -0.3 is 19.9 Å². The Balaban J connectivity index is 1.75. The van der Waals surface area contributed by atoms with E-state index in [-0.39, 0.29) is 11.9 Å². The third-order valence-electron chi connectivity index (χ3n) is 3.50. The number of likely N-dealkylation sites (tertiary alicyclic amines) is 1. The number of hydrogen-bond donors (Lipinski definition) is 2. The van der Waals surface area contributed by atoms with Crippen molar-refractivity contribution < 1.29 is 14.7 Å². The van der Waals surface area contributed by atoms with E-state index >= 15 is 0 Å². The predicted molar refractivity (Wildman–Crippen MR) is 65.1 cm³/mol. The van der Waals surface area contributed by atoms with Crippen molar-refractivity contribution >= 4 is 12.0 Å². The van der Waals surface area contributed by atoms with Crippen LogP contribution in [0.3, 0.4) is 0 Å². The minimum Gasteiger partial charge on any atom is -0.481 e. The first-order valence-electron chi connectivity index (χ1n) is 6.07. The average Bonchev–Trinajstić information content (AvgIpc) is 2.70. The lowest BCUT2D eigenvalue weighted by molar-refractivity contribution is -0.144. The molecule has 0 aromatic carbocycles. The number of nitrogens with zero attached hydrogens (tertiary/aromatic N) is 4. The molecule has 0 aliphatic carbocycles. The maximum absolute atomic E-state index is 11.8. The molecule has 1 atom stereocenters. The second kappa shape index (κ2) is 5.25. The first-order chi connectivity index (χ1) is 8.99. The molecule has 2 amide bonds. The van der Waals surface area contributed by atoms with Gasteiger partial charge in [-0.15, -0.1) is 10.2 Å². The Morgan fingerprint density at radius 2 is 2.26 bits per heavy atom. The lowest BCUT2D eigenvalue weighted by atomic mass is 9.87. The fourth-order valence-corrected chi connectivity index (χ4v) is 1.93. The predicted octanol–water partition coefficient (Wildman–Crippen LogP) is -0.323. The smallest absolute Gasteiger partial charge is 0.317 e. The molecule has 8 heteroatoms. The summed E-state index contributed by atoms with van der Waals surface area (Å²) in [4.78, 5) is 24.2. The normalized spacial score (nSPS) is 16.8. The van der Waals surface area contributed by atoms with Crippen molar-refractivity contribution in [1.82, 2.24) is 25.0 Å². The fraction of sp³-hybridized carbons (Fsp3) is 0.636. The van der Waals surface area contributed by atoms with Crippen molar-refractivity contribution in [2.24, 2.45) is 18.9 Å². The maximum atomic E-state index is 11.8. The van der Waals surface area contributed by atoms with Gasteiger partial charge in [0.2, 0.25) is 0 Å². The molecule has 0 spiro atoms. The van der Waals surface area contributed by atoms with E-state index in [0.717, 1.165) is 0 Å². The van der Waals surface area contributed by atoms with Gasteiger partial charge in [-0.1, -0.05) is 6.92 Å². The average molecular weight is 267 g/mol. The summed E-state index contributed by atoms with van der Waals surface area (Å²) < 4.78 is 1.73. The second-order valence-corrected chi connectivity index (χ2v) is 4.81. The van der Waals surface area contributed by atoms with Crippen molar-refractivity contribution in [3.63, 3.8) is 0 Å². The highest BCUT2D eigenvalue weighted by atomic mass is 16.4. The van der Waals surface area contributed by atoms with Crippen LogP contribution in [0, 0.1) is 11.8 Å². The number of aryl methyl sites for hydroxylation is 1. The molecule has 2 heterocycles. The molecule has 1 aliphatic rings. The molecule has 1 unspecified atom stereocenters. The highest BCUT2D eigenvalue weighted by Crippen LogP contribution is 2.23. The molecule has 1 fully saturated rings. The molecule has 104 valence electrons. The van der Waals surface area contributed by atoms with E-state index in [9.17, 15) is 9.59 Å². The lowest BCUT2D eigenvalue weighted by Crippen LogP contribution is -2.56. The number of aliphatic carboxylic acids is 1. The van der Waals surface area contributed by atoms with Gasteiger partial charge in [-0.05, 0) is 0 Å². The molecule has 8 nitrogen and oxygen atoms in total. The zero-order valence-corrected chi connectivity index (χ0v) is 10.9. The Morgan fingerprint density at radius 1 is 1.58 bits per heavy atom. The van der Waals surface area contributed by atoms with E-state index in [0.29, 0.717) is 25.5 Å². The van der Waals surface area contributed by atoms with Crippen molar-refractivity contribution in [2.45, 2.75) is 13.5 Å². The van der Waals surface area contributed by atoms with Gasteiger partial charge in [-0.25, -0.2) is 4.79 Å². The van der Waals surface area contributed by atoms with E-state index < -0.39 is 11.9 Å². The number of carbonyl (C=O) groups is 2. The van der Waals surface area contributed by atoms with E-state index in [4.69, 9.17) is 5.11 Å². The number of carboxylic acid groups (broad SMARTS) is 1. The second-order valence-electron chi connectivity index (χ2n) is 4.81. The van der Waals surface area contributed by atoms with Gasteiger partial charge in [-0.2, -0.15) is 0 Å². The van der Waals surface area contributed by atoms with Crippen molar-refractivity contribution in [3.8, 4) is 0 Å². The van der Waals surface area contributed by atoms with Crippen LogP contribution in [0.5, 0.6) is 0 Å². The highest BCUT2D eigenvalue weighted by Gasteiger charge is 2.37. The third-order valence-corrected chi connectivity index (χ3v) is 3.50. The third kappa shape index (κ3) is 2.83. The van der Waals surface area contributed by atoms with E-state index in [1.165, 1.54) is 0 Å². The summed E-state index contributed by atoms with van der Waals surface area (Å²) in [6.45, 7) is 2.95. The molecule has 1 aromatic heterocycles. The zero-order chi connectivity index (χ0) is 14.0. The highest BCUT2D eigenvalue weighted by molar-refractivity contribution is 5.76. The number of carboxylic acids is 1. The fourth-order valence-electron chi connectivity index (χ4n) is 1.93. The number of carbonyl (C=O) groups excluding carboxylic acids is 1. The monoisotopic (exact) mass is 267 g/mol. The van der Waals surface area contributed by atoms with Gasteiger partial charge in [0.1, 0.15) is 6.33 Å². The minimum absolute atomic E-state index is 0.0399. The summed E-state index contributed by atoms with van der Waals surface area (Å²) in [6.07, 6.45) is 1.57. The van der Waals surface area contributed by atoms with E-state index in [2.05, 4.69) is 15.5 Å². The molecule has 2 N–H and O–H groups in total. The summed E-state index contributed by atoms with van der Waals surface area (Å²) in [5, 5.41) is 19.2. The van der Waals surface area contributed by atoms with Gasteiger partial charge >= 0.3 is 12.0 Å². The lowest BCUT2D eigenvalue weighted by Gasteiger charge is -2.40. The van der Waals surface area contributed by atoms with Gasteiger partial charge in [0.25, 0.3) is 0 Å². The molecule has 1 aromatic rings. The molecule has 2 rings (SSSR count). The topological polar surface area (TPSA) is 100 Å². The Labute approximate surface area is 110 Å². The summed E-state index contributed by atoms with van der Waals surface area (Å²) in [7, 11) is 1.80. The Bertz CT molecular complexity index is 480. The Hall–Kier alpha value is -2.12. The largest absolute Gasteiger partial charge is 0.481 e. The molecule has 1 aliphatic heterocycles. The van der Waals surface area contributed by atoms with Gasteiger partial charge in [-0.3, -0.25) is 4.79 Å². The standard InChI is InChI=1S/C11H17N5O3/c1-7(10(17)18)8-4-16(5-8)11(19)12-3-9-14-13-6-15(9)2/h6-8H,3-5H2,1-2H3,(H,12,19)(H,17,18). The number of urea groups is 1. The van der Waals surface area contributed by atoms with Crippen LogP contribution in [-0.4, -0.2) is 49.9 Å². The van der Waals surface area contributed by atoms with Crippen LogP contribution in [0.15, 0.2) is 6.33 Å². The van der Waals surface area contributed by atoms with Gasteiger partial charge in [0, 0.05) is 26.1 Å². The summed E-state index contributed by atoms with van der Waals surface area (Å²) in [6, 6.07) is -0.197. The van der Waals surface area contributed by atoms with Crippen LogP contribution in [0.25, 0.3) is 0 Å². The summed E-state index contributed by atoms with van der Waals surface area (Å²) in [5.74, 6) is -0.519. The molecular weight excluding hydrogens is 250 g/mol. The number of hydrogen-bond acceptors (Lipinski definition) is 4. The number of nitrogens with one attached hydrogen (secondary N) is 1. The van der Waals surface area contributed by atoms with Crippen molar-refractivity contribution in [2.75, 3.05) is 13.1 Å². The maximum Gasteiger partial charge on any atom is 0.317 e. The molecule has 0 radical (unpaired) electrons. The molecule has 19 heavy (non-hydrogen) atoms. The molecule has 0 saturated carbocycles. The van der Waals surface area contributed by atoms with Crippen LogP contribution in [-0.2, 0) is 18.4 Å². The zero-order valence-electron chi connectivity index (χ0n) is 10.9. The number of rotatable bonds is 4. The summed E-state index contributed by atoms with van der Waals surface area (Å²) in [5.41, 5.74) is 0. The van der Waals surface area contributed by atoms with E-state index in [1.807, 2.05) is 0 Å². The van der Waals surface area contributed by atoms with Crippen LogP contribution in [0.2, 0.25) is 0 Å². The summed E-state index contributed by atoms with van der Waals surface area (Å²) >= 11 is 0. The van der Waals surface area contributed by atoms with E-state index in [1.54, 1.807) is 29.8 Å². The van der Waals surface area contributed by atoms with Gasteiger partial charge in [0.15, 0.2) is 5.82 Å². The van der Waals surface area contributed by atoms with Crippen LogP contribution in [0.1, 0.15) is 12.7 Å². The quantitative estimate of drug-likeness (QED) is 0.778. The molecule has 1 saturated heterocycles. The first kappa shape index (κ1) is 13.3. The van der Waals surface area contributed by atoms with Crippen molar-refractivity contribution in [3.05, 3.63) is 12.2 Å².